The number of nitrogens with zero attached hydrogens (tertiary/aromatic N) is 1. The smallest absolute Gasteiger partial charge is 0.323 e. The Morgan fingerprint density at radius 3 is 3.06 bits per heavy atom. The van der Waals surface area contributed by atoms with Crippen LogP contribution in [0.4, 0.5) is 0 Å². The molecule has 2 rings (SSSR count). The van der Waals surface area contributed by atoms with Crippen molar-refractivity contribution >= 4 is 17.0 Å². The van der Waals surface area contributed by atoms with Gasteiger partial charge in [-0.2, -0.15) is 0 Å². The number of benzene rings is 1. The summed E-state index contributed by atoms with van der Waals surface area (Å²) in [6, 6.07) is 5.57. The van der Waals surface area contributed by atoms with Gasteiger partial charge >= 0.3 is 5.97 Å². The molecule has 0 saturated carbocycles. The second-order valence-corrected chi connectivity index (χ2v) is 4.15. The molecule has 16 heavy (non-hydrogen) atoms. The molecule has 0 amide bonds. The first kappa shape index (κ1) is 10.6. The molecular weight excluding hydrogens is 206 g/mol. The van der Waals surface area contributed by atoms with Crippen molar-refractivity contribution in [2.75, 3.05) is 0 Å². The number of carbonyl (C=O) groups is 1. The number of nitrogens with two attached hydrogens (primary N) is 1. The van der Waals surface area contributed by atoms with Crippen LogP contribution in [0.5, 0.6) is 0 Å². The number of carboxylic acid groups (broad SMARTS) is 1. The number of aliphatic carboxylic acids is 1. The van der Waals surface area contributed by atoms with Gasteiger partial charge in [-0.3, -0.25) is 4.79 Å². The van der Waals surface area contributed by atoms with E-state index in [0.717, 1.165) is 16.6 Å². The number of nitrogens with one attached hydrogen (secondary N) is 1. The molecule has 1 atom stereocenters. The molecule has 1 aromatic heterocycles. The fraction of sp³-hybridized carbons (Fsp3) is 0.273. The predicted molar refractivity (Wildman–Crippen MR) is 60.0 cm³/mol. The Morgan fingerprint density at radius 1 is 1.62 bits per heavy atom. The maximum atomic E-state index is 10.9. The Labute approximate surface area is 92.3 Å². The summed E-state index contributed by atoms with van der Waals surface area (Å²) in [6.45, 7) is 1.50. The lowest BCUT2D eigenvalue weighted by atomic mass is 9.94. The van der Waals surface area contributed by atoms with Gasteiger partial charge in [0.25, 0.3) is 0 Å². The molecule has 1 unspecified atom stereocenters. The molecule has 0 aliphatic heterocycles. The molecule has 84 valence electrons. The Morgan fingerprint density at radius 2 is 2.38 bits per heavy atom. The Kier molecular flexibility index (Phi) is 2.40. The molecule has 1 aromatic carbocycles. The van der Waals surface area contributed by atoms with Crippen molar-refractivity contribution in [3.05, 3.63) is 30.1 Å². The average molecular weight is 219 g/mol. The first-order chi connectivity index (χ1) is 7.49. The van der Waals surface area contributed by atoms with Gasteiger partial charge in [0.15, 0.2) is 0 Å². The number of fused-ring (bicyclic) bond motifs is 1. The lowest BCUT2D eigenvalue weighted by Gasteiger charge is -2.18. The van der Waals surface area contributed by atoms with Gasteiger partial charge in [0.05, 0.1) is 17.4 Å². The molecule has 1 heterocycles. The first-order valence-electron chi connectivity index (χ1n) is 4.93. The second-order valence-electron chi connectivity index (χ2n) is 4.15. The lowest BCUT2D eigenvalue weighted by molar-refractivity contribution is -0.142. The first-order valence-corrected chi connectivity index (χ1v) is 4.93. The van der Waals surface area contributed by atoms with Crippen molar-refractivity contribution < 1.29 is 9.90 Å². The summed E-state index contributed by atoms with van der Waals surface area (Å²) in [6.07, 6.45) is 1.89. The van der Waals surface area contributed by atoms with E-state index in [9.17, 15) is 4.79 Å². The molecule has 4 N–H and O–H groups in total. The molecule has 0 aliphatic carbocycles. The van der Waals surface area contributed by atoms with Crippen LogP contribution in [0.25, 0.3) is 11.0 Å². The van der Waals surface area contributed by atoms with E-state index in [1.54, 1.807) is 6.33 Å². The van der Waals surface area contributed by atoms with Crippen LogP contribution in [0.15, 0.2) is 24.5 Å². The van der Waals surface area contributed by atoms with Gasteiger partial charge in [-0.25, -0.2) is 4.98 Å². The third-order valence-electron chi connectivity index (χ3n) is 2.55. The van der Waals surface area contributed by atoms with Crippen molar-refractivity contribution in [1.82, 2.24) is 9.97 Å². The molecule has 0 fully saturated rings. The van der Waals surface area contributed by atoms with Crippen LogP contribution >= 0.6 is 0 Å². The molecule has 5 heteroatoms. The summed E-state index contributed by atoms with van der Waals surface area (Å²) in [5.74, 6) is -1.00. The normalized spacial score (nSPS) is 14.9. The maximum absolute atomic E-state index is 10.9. The van der Waals surface area contributed by atoms with Crippen molar-refractivity contribution in [2.45, 2.75) is 18.9 Å². The van der Waals surface area contributed by atoms with E-state index in [4.69, 9.17) is 10.8 Å². The lowest BCUT2D eigenvalue weighted by Crippen LogP contribution is -2.46. The van der Waals surface area contributed by atoms with Crippen LogP contribution in [0, 0.1) is 0 Å². The van der Waals surface area contributed by atoms with Crippen LogP contribution in [0.2, 0.25) is 0 Å². The van der Waals surface area contributed by atoms with Crippen LogP contribution in [0.3, 0.4) is 0 Å². The summed E-state index contributed by atoms with van der Waals surface area (Å²) in [4.78, 5) is 18.0. The fourth-order valence-electron chi connectivity index (χ4n) is 1.59. The van der Waals surface area contributed by atoms with Gasteiger partial charge in [-0.05, 0) is 24.6 Å². The molecule has 5 nitrogen and oxygen atoms in total. The molecule has 0 saturated heterocycles. The number of hydrogen-bond donors (Lipinski definition) is 3. The quantitative estimate of drug-likeness (QED) is 0.715. The van der Waals surface area contributed by atoms with Crippen LogP contribution in [0.1, 0.15) is 12.5 Å². The van der Waals surface area contributed by atoms with E-state index in [2.05, 4.69) is 9.97 Å². The van der Waals surface area contributed by atoms with E-state index in [-0.39, 0.29) is 6.42 Å². The number of imidazole rings is 1. The Bertz CT molecular complexity index is 531. The largest absolute Gasteiger partial charge is 0.480 e. The summed E-state index contributed by atoms with van der Waals surface area (Å²) >= 11 is 0. The number of aromatic nitrogens is 2. The van der Waals surface area contributed by atoms with E-state index < -0.39 is 11.5 Å². The average Bonchev–Trinajstić information content (AvgIpc) is 2.63. The molecule has 0 aliphatic rings. The van der Waals surface area contributed by atoms with E-state index in [1.807, 2.05) is 18.2 Å². The SMILES string of the molecule is CC(N)(Cc1ccc2[nH]cnc2c1)C(=O)O. The van der Waals surface area contributed by atoms with Crippen molar-refractivity contribution in [2.24, 2.45) is 5.73 Å². The summed E-state index contributed by atoms with van der Waals surface area (Å²) in [5.41, 5.74) is 7.05. The van der Waals surface area contributed by atoms with E-state index in [0.29, 0.717) is 0 Å². The van der Waals surface area contributed by atoms with Crippen molar-refractivity contribution in [3.8, 4) is 0 Å². The number of carboxylic acids is 1. The highest BCUT2D eigenvalue weighted by atomic mass is 16.4. The summed E-state index contributed by atoms with van der Waals surface area (Å²) in [7, 11) is 0. The van der Waals surface area contributed by atoms with Crippen LogP contribution in [-0.4, -0.2) is 26.6 Å². The third-order valence-corrected chi connectivity index (χ3v) is 2.55. The van der Waals surface area contributed by atoms with Gasteiger partial charge < -0.3 is 15.8 Å². The monoisotopic (exact) mass is 219 g/mol. The topological polar surface area (TPSA) is 92.0 Å². The standard InChI is InChI=1S/C11H13N3O2/c1-11(12,10(15)16)5-7-2-3-8-9(4-7)14-6-13-8/h2-4,6H,5,12H2,1H3,(H,13,14)(H,15,16). The number of aromatic amines is 1. The third kappa shape index (κ3) is 1.90. The number of rotatable bonds is 3. The fourth-order valence-corrected chi connectivity index (χ4v) is 1.59. The van der Waals surface area contributed by atoms with Crippen molar-refractivity contribution in [1.29, 1.82) is 0 Å². The molecule has 0 bridgehead atoms. The molecule has 2 aromatic rings. The zero-order valence-electron chi connectivity index (χ0n) is 8.90. The van der Waals surface area contributed by atoms with Crippen molar-refractivity contribution in [3.63, 3.8) is 0 Å². The highest BCUT2D eigenvalue weighted by Crippen LogP contribution is 2.16. The van der Waals surface area contributed by atoms with E-state index >= 15 is 0 Å². The number of H-pyrrole nitrogens is 1. The summed E-state index contributed by atoms with van der Waals surface area (Å²) < 4.78 is 0. The van der Waals surface area contributed by atoms with Gasteiger partial charge in [0.2, 0.25) is 0 Å². The van der Waals surface area contributed by atoms with E-state index in [1.165, 1.54) is 6.92 Å². The van der Waals surface area contributed by atoms with Crippen LogP contribution in [-0.2, 0) is 11.2 Å². The minimum atomic E-state index is -1.25. The minimum absolute atomic E-state index is 0.283. The molecule has 0 spiro atoms. The maximum Gasteiger partial charge on any atom is 0.323 e. The Hall–Kier alpha value is -1.88. The zero-order valence-corrected chi connectivity index (χ0v) is 8.90. The van der Waals surface area contributed by atoms with Gasteiger partial charge in [0.1, 0.15) is 5.54 Å². The highest BCUT2D eigenvalue weighted by Gasteiger charge is 2.28. The van der Waals surface area contributed by atoms with Gasteiger partial charge in [-0.1, -0.05) is 6.07 Å². The zero-order chi connectivity index (χ0) is 11.8. The van der Waals surface area contributed by atoms with Gasteiger partial charge in [0, 0.05) is 6.42 Å². The van der Waals surface area contributed by atoms with Gasteiger partial charge in [-0.15, -0.1) is 0 Å². The Balaban J connectivity index is 2.30. The second kappa shape index (κ2) is 3.61. The molecule has 0 radical (unpaired) electrons. The predicted octanol–water partition coefficient (Wildman–Crippen LogP) is 0.907. The molecular formula is C11H13N3O2. The number of hydrogen-bond acceptors (Lipinski definition) is 3. The summed E-state index contributed by atoms with van der Waals surface area (Å²) in [5, 5.41) is 8.93. The minimum Gasteiger partial charge on any atom is -0.480 e. The van der Waals surface area contributed by atoms with Crippen LogP contribution < -0.4 is 5.73 Å². The highest BCUT2D eigenvalue weighted by molar-refractivity contribution is 5.79.